The molecule has 2 aromatic carbocycles. The summed E-state index contributed by atoms with van der Waals surface area (Å²) in [6, 6.07) is 15.1. The Kier molecular flexibility index (Phi) is 4.66. The molecule has 6 rings (SSSR count). The van der Waals surface area contributed by atoms with Gasteiger partial charge in [-0.3, -0.25) is 14.2 Å². The number of amides is 1. The predicted octanol–water partition coefficient (Wildman–Crippen LogP) is 4.50. The maximum atomic E-state index is 12.9. The van der Waals surface area contributed by atoms with Crippen LogP contribution >= 0.6 is 11.3 Å². The zero-order valence-electron chi connectivity index (χ0n) is 17.3. The number of hydrogen-bond donors (Lipinski definition) is 1. The van der Waals surface area contributed by atoms with E-state index < -0.39 is 0 Å². The van der Waals surface area contributed by atoms with Gasteiger partial charge in [-0.2, -0.15) is 0 Å². The number of hydrogen-bond acceptors (Lipinski definition) is 6. The molecule has 0 atom stereocenters. The smallest absolute Gasteiger partial charge is 0.275 e. The molecule has 8 nitrogen and oxygen atoms in total. The summed E-state index contributed by atoms with van der Waals surface area (Å²) in [5, 5.41) is 5.07. The Bertz CT molecular complexity index is 1600. The van der Waals surface area contributed by atoms with E-state index in [0.29, 0.717) is 17.7 Å². The first-order chi connectivity index (χ1) is 16.2. The number of imidazole rings is 2. The number of carbonyl (C=O) groups excluding carboxylic acids is 1. The third-order valence-electron chi connectivity index (χ3n) is 5.32. The lowest BCUT2D eigenvalue weighted by Crippen LogP contribution is -2.14. The van der Waals surface area contributed by atoms with Gasteiger partial charge in [0, 0.05) is 29.5 Å². The summed E-state index contributed by atoms with van der Waals surface area (Å²) in [6.45, 7) is 0.703. The fraction of sp³-hybridized carbons (Fsp3) is 0.0417. The van der Waals surface area contributed by atoms with Crippen molar-refractivity contribution < 1.29 is 4.79 Å². The van der Waals surface area contributed by atoms with E-state index in [4.69, 9.17) is 4.98 Å². The van der Waals surface area contributed by atoms with Gasteiger partial charge in [0.15, 0.2) is 4.96 Å². The van der Waals surface area contributed by atoms with Crippen molar-refractivity contribution in [2.24, 2.45) is 0 Å². The minimum atomic E-state index is -0.317. The number of para-hydroxylation sites is 3. The molecule has 0 radical (unpaired) electrons. The summed E-state index contributed by atoms with van der Waals surface area (Å²) in [5.74, 6) is -0.317. The Morgan fingerprint density at radius 3 is 2.76 bits per heavy atom. The van der Waals surface area contributed by atoms with E-state index in [1.165, 1.54) is 6.20 Å². The molecule has 1 amide bonds. The normalized spacial score (nSPS) is 11.3. The van der Waals surface area contributed by atoms with Gasteiger partial charge in [-0.15, -0.1) is 11.3 Å². The SMILES string of the molecule is O=C(Nc1ccccc1-c1cn2c(Cn3ccnc3)csc2n1)c1cnc2ccccc2n1. The molecule has 0 fully saturated rings. The van der Waals surface area contributed by atoms with Crippen LogP contribution in [0.15, 0.2) is 85.0 Å². The molecule has 0 unspecified atom stereocenters. The highest BCUT2D eigenvalue weighted by Crippen LogP contribution is 2.30. The lowest BCUT2D eigenvalue weighted by molar-refractivity contribution is 0.102. The topological polar surface area (TPSA) is 90.0 Å². The summed E-state index contributed by atoms with van der Waals surface area (Å²) in [6.07, 6.45) is 8.99. The van der Waals surface area contributed by atoms with Crippen molar-refractivity contribution in [2.45, 2.75) is 6.54 Å². The van der Waals surface area contributed by atoms with E-state index in [-0.39, 0.29) is 11.6 Å². The molecule has 1 N–H and O–H groups in total. The monoisotopic (exact) mass is 451 g/mol. The van der Waals surface area contributed by atoms with Crippen LogP contribution in [0.1, 0.15) is 16.2 Å². The second-order valence-electron chi connectivity index (χ2n) is 7.48. The van der Waals surface area contributed by atoms with E-state index in [1.54, 1.807) is 23.9 Å². The first-order valence-corrected chi connectivity index (χ1v) is 11.2. The molecule has 6 aromatic rings. The largest absolute Gasteiger partial charge is 0.332 e. The first kappa shape index (κ1) is 19.3. The van der Waals surface area contributed by atoms with E-state index >= 15 is 0 Å². The molecule has 9 heteroatoms. The molecular weight excluding hydrogens is 434 g/mol. The van der Waals surface area contributed by atoms with E-state index in [9.17, 15) is 4.79 Å². The number of nitrogens with one attached hydrogen (secondary N) is 1. The van der Waals surface area contributed by atoms with E-state index in [0.717, 1.165) is 27.4 Å². The van der Waals surface area contributed by atoms with Crippen molar-refractivity contribution in [3.8, 4) is 11.3 Å². The zero-order chi connectivity index (χ0) is 22.2. The summed E-state index contributed by atoms with van der Waals surface area (Å²) in [7, 11) is 0. The Morgan fingerprint density at radius 1 is 1.03 bits per heavy atom. The number of thiazole rings is 1. The van der Waals surface area contributed by atoms with Gasteiger partial charge in [0.1, 0.15) is 5.69 Å². The van der Waals surface area contributed by atoms with E-state index in [1.807, 2.05) is 65.5 Å². The number of anilines is 1. The van der Waals surface area contributed by atoms with Crippen LogP contribution in [0.4, 0.5) is 5.69 Å². The number of aromatic nitrogens is 6. The molecular formula is C24H17N7OS. The van der Waals surface area contributed by atoms with Gasteiger partial charge in [-0.25, -0.2) is 15.0 Å². The fourth-order valence-corrected chi connectivity index (χ4v) is 4.57. The van der Waals surface area contributed by atoms with Gasteiger partial charge in [0.2, 0.25) is 0 Å². The van der Waals surface area contributed by atoms with Crippen LogP contribution in [-0.4, -0.2) is 34.8 Å². The maximum absolute atomic E-state index is 12.9. The summed E-state index contributed by atoms with van der Waals surface area (Å²) < 4.78 is 4.09. The van der Waals surface area contributed by atoms with Crippen molar-refractivity contribution in [1.29, 1.82) is 0 Å². The molecule has 0 saturated heterocycles. The maximum Gasteiger partial charge on any atom is 0.275 e. The van der Waals surface area contributed by atoms with Gasteiger partial charge in [0.25, 0.3) is 5.91 Å². The van der Waals surface area contributed by atoms with Crippen LogP contribution in [0, 0.1) is 0 Å². The average molecular weight is 452 g/mol. The number of fused-ring (bicyclic) bond motifs is 2. The molecule has 33 heavy (non-hydrogen) atoms. The Hall–Kier alpha value is -4.37. The summed E-state index contributed by atoms with van der Waals surface area (Å²) in [4.78, 5) is 31.5. The lowest BCUT2D eigenvalue weighted by atomic mass is 10.1. The Morgan fingerprint density at radius 2 is 1.88 bits per heavy atom. The van der Waals surface area contributed by atoms with Crippen LogP contribution in [-0.2, 0) is 6.54 Å². The Labute approximate surface area is 192 Å². The van der Waals surface area contributed by atoms with Crippen molar-refractivity contribution in [2.75, 3.05) is 5.32 Å². The molecule has 0 aliphatic rings. The molecule has 0 bridgehead atoms. The lowest BCUT2D eigenvalue weighted by Gasteiger charge is -2.09. The fourth-order valence-electron chi connectivity index (χ4n) is 3.71. The number of nitrogens with zero attached hydrogens (tertiary/aromatic N) is 6. The summed E-state index contributed by atoms with van der Waals surface area (Å²) in [5.41, 5.74) is 5.09. The van der Waals surface area contributed by atoms with Crippen molar-refractivity contribution in [1.82, 2.24) is 28.9 Å². The predicted molar refractivity (Wildman–Crippen MR) is 127 cm³/mol. The number of benzene rings is 2. The molecule has 0 spiro atoms. The molecule has 0 aliphatic carbocycles. The highest BCUT2D eigenvalue weighted by molar-refractivity contribution is 7.15. The van der Waals surface area contributed by atoms with Crippen LogP contribution in [0.5, 0.6) is 0 Å². The quantitative estimate of drug-likeness (QED) is 0.417. The Balaban J connectivity index is 1.31. The summed E-state index contributed by atoms with van der Waals surface area (Å²) >= 11 is 1.58. The molecule has 4 heterocycles. The van der Waals surface area contributed by atoms with Gasteiger partial charge in [-0.05, 0) is 18.2 Å². The van der Waals surface area contributed by atoms with Crippen LogP contribution in [0.25, 0.3) is 27.3 Å². The third-order valence-corrected chi connectivity index (χ3v) is 6.21. The molecule has 160 valence electrons. The zero-order valence-corrected chi connectivity index (χ0v) is 18.1. The number of rotatable bonds is 5. The van der Waals surface area contributed by atoms with Crippen LogP contribution in [0.3, 0.4) is 0 Å². The average Bonchev–Trinajstić information content (AvgIpc) is 3.58. The van der Waals surface area contributed by atoms with Crippen molar-refractivity contribution >= 4 is 38.9 Å². The van der Waals surface area contributed by atoms with Gasteiger partial charge < -0.3 is 9.88 Å². The van der Waals surface area contributed by atoms with Gasteiger partial charge >= 0.3 is 0 Å². The molecule has 0 aliphatic heterocycles. The van der Waals surface area contributed by atoms with Crippen LogP contribution < -0.4 is 5.32 Å². The highest BCUT2D eigenvalue weighted by Gasteiger charge is 2.16. The third kappa shape index (κ3) is 3.64. The van der Waals surface area contributed by atoms with E-state index in [2.05, 4.69) is 30.0 Å². The van der Waals surface area contributed by atoms with Gasteiger partial charge in [-0.1, -0.05) is 30.3 Å². The minimum absolute atomic E-state index is 0.261. The standard InChI is InChI=1S/C24H17N7OS/c32-23(21-11-26-19-7-3-4-8-20(19)27-21)28-18-6-2-1-5-17(18)22-13-31-16(14-33-24(31)29-22)12-30-10-9-25-15-30/h1-11,13-15H,12H2,(H,28,32). The van der Waals surface area contributed by atoms with Crippen molar-refractivity contribution in [3.05, 3.63) is 96.4 Å². The highest BCUT2D eigenvalue weighted by atomic mass is 32.1. The minimum Gasteiger partial charge on any atom is -0.332 e. The molecule has 4 aromatic heterocycles. The molecule has 0 saturated carbocycles. The van der Waals surface area contributed by atoms with Crippen molar-refractivity contribution in [3.63, 3.8) is 0 Å². The second-order valence-corrected chi connectivity index (χ2v) is 8.32. The second kappa shape index (κ2) is 7.95. The van der Waals surface area contributed by atoms with Gasteiger partial charge in [0.05, 0.1) is 47.2 Å². The van der Waals surface area contributed by atoms with Crippen LogP contribution in [0.2, 0.25) is 0 Å². The number of carbonyl (C=O) groups is 1. The first-order valence-electron chi connectivity index (χ1n) is 10.3.